The van der Waals surface area contributed by atoms with Gasteiger partial charge in [-0.3, -0.25) is 0 Å². The summed E-state index contributed by atoms with van der Waals surface area (Å²) in [6.07, 6.45) is 1.83. The quantitative estimate of drug-likeness (QED) is 0.790. The second-order valence-corrected chi connectivity index (χ2v) is 6.30. The second-order valence-electron chi connectivity index (χ2n) is 5.45. The number of nitrogens with one attached hydrogen (secondary N) is 1. The molecule has 1 aliphatic rings. The van der Waals surface area contributed by atoms with Crippen molar-refractivity contribution in [3.8, 4) is 5.75 Å². The van der Waals surface area contributed by atoms with Crippen LogP contribution in [0, 0.1) is 5.92 Å². The first-order chi connectivity index (χ1) is 9.94. The number of rotatable bonds is 5. The van der Waals surface area contributed by atoms with Gasteiger partial charge in [0, 0.05) is 6.54 Å². The average Bonchev–Trinajstić information content (AvgIpc) is 2.42. The van der Waals surface area contributed by atoms with E-state index in [-0.39, 0.29) is 5.75 Å². The molecule has 1 aromatic carbocycles. The normalized spacial score (nSPS) is 17.0. The summed E-state index contributed by atoms with van der Waals surface area (Å²) >= 11 is 3.12. The Morgan fingerprint density at radius 2 is 1.90 bits per heavy atom. The van der Waals surface area contributed by atoms with Crippen LogP contribution in [0.15, 0.2) is 22.7 Å². The van der Waals surface area contributed by atoms with Crippen molar-refractivity contribution >= 4 is 15.9 Å². The Morgan fingerprint density at radius 3 is 2.52 bits per heavy atom. The molecule has 6 heteroatoms. The van der Waals surface area contributed by atoms with Gasteiger partial charge in [-0.1, -0.05) is 25.3 Å². The smallest absolute Gasteiger partial charge is 0.405 e. The minimum Gasteiger partial charge on any atom is -0.405 e. The van der Waals surface area contributed by atoms with E-state index in [2.05, 4.69) is 26.0 Å². The number of benzene rings is 1. The summed E-state index contributed by atoms with van der Waals surface area (Å²) in [6, 6.07) is 4.66. The standard InChI is InChI=1S/C15H19BrF3NO/c16-13-8-12(6-7-14(13)21-15(17,18)19)10-20-9-11-4-2-1-3-5-11/h6-8,11,20H,1-5,9-10H2. The van der Waals surface area contributed by atoms with Gasteiger partial charge in [0.1, 0.15) is 5.75 Å². The molecule has 1 saturated carbocycles. The van der Waals surface area contributed by atoms with Gasteiger partial charge in [0.05, 0.1) is 4.47 Å². The number of hydrogen-bond acceptors (Lipinski definition) is 2. The fourth-order valence-corrected chi connectivity index (χ4v) is 3.18. The molecule has 2 rings (SSSR count). The Bertz CT molecular complexity index is 459. The van der Waals surface area contributed by atoms with Crippen LogP contribution in [0.1, 0.15) is 37.7 Å². The van der Waals surface area contributed by atoms with Gasteiger partial charge in [0.15, 0.2) is 0 Å². The molecule has 1 fully saturated rings. The zero-order valence-electron chi connectivity index (χ0n) is 11.7. The van der Waals surface area contributed by atoms with Gasteiger partial charge in [-0.05, 0) is 58.9 Å². The largest absolute Gasteiger partial charge is 0.573 e. The lowest BCUT2D eigenvalue weighted by Crippen LogP contribution is -2.24. The third-order valence-corrected chi connectivity index (χ3v) is 4.33. The Labute approximate surface area is 131 Å². The SMILES string of the molecule is FC(F)(F)Oc1ccc(CNCC2CCCCC2)cc1Br. The van der Waals surface area contributed by atoms with Crippen LogP contribution < -0.4 is 10.1 Å². The van der Waals surface area contributed by atoms with Gasteiger partial charge in [0.25, 0.3) is 0 Å². The van der Waals surface area contributed by atoms with Gasteiger partial charge in [-0.2, -0.15) is 0 Å². The molecule has 0 bridgehead atoms. The highest BCUT2D eigenvalue weighted by atomic mass is 79.9. The molecule has 118 valence electrons. The van der Waals surface area contributed by atoms with Crippen molar-refractivity contribution in [2.24, 2.45) is 5.92 Å². The van der Waals surface area contributed by atoms with Gasteiger partial charge in [0.2, 0.25) is 0 Å². The Balaban J connectivity index is 1.82. The fourth-order valence-electron chi connectivity index (χ4n) is 2.67. The third-order valence-electron chi connectivity index (χ3n) is 3.71. The van der Waals surface area contributed by atoms with Gasteiger partial charge in [-0.25, -0.2) is 0 Å². The molecular formula is C15H19BrF3NO. The Kier molecular flexibility index (Phi) is 5.93. The summed E-state index contributed by atoms with van der Waals surface area (Å²) in [5.41, 5.74) is 0.937. The van der Waals surface area contributed by atoms with E-state index in [1.807, 2.05) is 0 Å². The van der Waals surface area contributed by atoms with Crippen LogP contribution >= 0.6 is 15.9 Å². The van der Waals surface area contributed by atoms with Crippen molar-refractivity contribution in [1.29, 1.82) is 0 Å². The molecule has 0 saturated heterocycles. The third kappa shape index (κ3) is 5.87. The molecule has 0 unspecified atom stereocenters. The van der Waals surface area contributed by atoms with E-state index >= 15 is 0 Å². The summed E-state index contributed by atoms with van der Waals surface area (Å²) in [4.78, 5) is 0. The minimum absolute atomic E-state index is 0.210. The van der Waals surface area contributed by atoms with Crippen molar-refractivity contribution in [3.63, 3.8) is 0 Å². The van der Waals surface area contributed by atoms with Crippen LogP contribution in [-0.2, 0) is 6.54 Å². The molecule has 0 aliphatic heterocycles. The van der Waals surface area contributed by atoms with Gasteiger partial charge >= 0.3 is 6.36 Å². The first kappa shape index (κ1) is 16.6. The van der Waals surface area contributed by atoms with Crippen LogP contribution in [0.25, 0.3) is 0 Å². The predicted molar refractivity (Wildman–Crippen MR) is 79.1 cm³/mol. The zero-order valence-corrected chi connectivity index (χ0v) is 13.3. The lowest BCUT2D eigenvalue weighted by Gasteiger charge is -2.21. The first-order valence-electron chi connectivity index (χ1n) is 7.19. The molecule has 21 heavy (non-hydrogen) atoms. The van der Waals surface area contributed by atoms with E-state index in [9.17, 15) is 13.2 Å². The Morgan fingerprint density at radius 1 is 1.19 bits per heavy atom. The average molecular weight is 366 g/mol. The van der Waals surface area contributed by atoms with Crippen LogP contribution in [0.4, 0.5) is 13.2 Å². The monoisotopic (exact) mass is 365 g/mol. The van der Waals surface area contributed by atoms with E-state index < -0.39 is 6.36 Å². The highest BCUT2D eigenvalue weighted by Crippen LogP contribution is 2.31. The highest BCUT2D eigenvalue weighted by Gasteiger charge is 2.31. The highest BCUT2D eigenvalue weighted by molar-refractivity contribution is 9.10. The fraction of sp³-hybridized carbons (Fsp3) is 0.600. The van der Waals surface area contributed by atoms with Crippen LogP contribution in [0.5, 0.6) is 5.75 Å². The van der Waals surface area contributed by atoms with Crippen LogP contribution in [-0.4, -0.2) is 12.9 Å². The lowest BCUT2D eigenvalue weighted by atomic mass is 9.89. The van der Waals surface area contributed by atoms with Crippen molar-refractivity contribution < 1.29 is 17.9 Å². The van der Waals surface area contributed by atoms with Gasteiger partial charge in [-0.15, -0.1) is 13.2 Å². The van der Waals surface area contributed by atoms with E-state index in [1.54, 1.807) is 12.1 Å². The molecule has 0 radical (unpaired) electrons. The van der Waals surface area contributed by atoms with E-state index in [4.69, 9.17) is 0 Å². The van der Waals surface area contributed by atoms with Crippen molar-refractivity contribution in [1.82, 2.24) is 5.32 Å². The Hall–Kier alpha value is -0.750. The van der Waals surface area contributed by atoms with Gasteiger partial charge < -0.3 is 10.1 Å². The first-order valence-corrected chi connectivity index (χ1v) is 7.98. The van der Waals surface area contributed by atoms with E-state index in [1.165, 1.54) is 38.2 Å². The number of alkyl halides is 3. The molecule has 1 aromatic rings. The number of ether oxygens (including phenoxy) is 1. The molecule has 1 aliphatic carbocycles. The molecule has 0 aromatic heterocycles. The summed E-state index contributed by atoms with van der Waals surface area (Å²) in [6.45, 7) is 1.62. The summed E-state index contributed by atoms with van der Waals surface area (Å²) in [5, 5.41) is 3.38. The maximum Gasteiger partial charge on any atom is 0.573 e. The number of halogens is 4. The van der Waals surface area contributed by atoms with E-state index in [0.29, 0.717) is 11.0 Å². The molecule has 1 N–H and O–H groups in total. The minimum atomic E-state index is -4.66. The molecule has 0 atom stereocenters. The zero-order chi connectivity index (χ0) is 15.3. The molecular weight excluding hydrogens is 347 g/mol. The van der Waals surface area contributed by atoms with E-state index in [0.717, 1.165) is 18.0 Å². The van der Waals surface area contributed by atoms with Crippen LogP contribution in [0.3, 0.4) is 0 Å². The predicted octanol–water partition coefficient (Wildman–Crippen LogP) is 5.02. The second kappa shape index (κ2) is 7.49. The van der Waals surface area contributed by atoms with Crippen molar-refractivity contribution in [3.05, 3.63) is 28.2 Å². The summed E-state index contributed by atoms with van der Waals surface area (Å²) < 4.78 is 40.8. The van der Waals surface area contributed by atoms with Crippen LogP contribution in [0.2, 0.25) is 0 Å². The van der Waals surface area contributed by atoms with Crippen molar-refractivity contribution in [2.75, 3.05) is 6.54 Å². The maximum absolute atomic E-state index is 12.2. The molecule has 0 spiro atoms. The molecule has 0 heterocycles. The summed E-state index contributed by atoms with van der Waals surface area (Å²) in [5.74, 6) is 0.522. The molecule has 2 nitrogen and oxygen atoms in total. The number of hydrogen-bond donors (Lipinski definition) is 1. The lowest BCUT2D eigenvalue weighted by molar-refractivity contribution is -0.274. The maximum atomic E-state index is 12.2. The molecule has 0 amide bonds. The van der Waals surface area contributed by atoms with Crippen molar-refractivity contribution in [2.45, 2.75) is 45.0 Å². The topological polar surface area (TPSA) is 21.3 Å². The summed E-state index contributed by atoms with van der Waals surface area (Å²) in [7, 11) is 0.